The number of aromatic nitrogens is 1. The molecule has 3 saturated heterocycles. The Balaban J connectivity index is 1.24. The van der Waals surface area contributed by atoms with Gasteiger partial charge in [-0.15, -0.1) is 11.3 Å². The van der Waals surface area contributed by atoms with E-state index in [4.69, 9.17) is 22.2 Å². The van der Waals surface area contributed by atoms with Crippen molar-refractivity contribution in [2.45, 2.75) is 36.1 Å². The van der Waals surface area contributed by atoms with Crippen LogP contribution in [-0.4, -0.2) is 129 Å². The number of nitrogens with two attached hydrogens (primary N) is 1. The number of phenols is 2. The van der Waals surface area contributed by atoms with E-state index in [9.17, 15) is 49.2 Å². The van der Waals surface area contributed by atoms with Crippen LogP contribution in [0.3, 0.4) is 0 Å². The second kappa shape index (κ2) is 14.0. The van der Waals surface area contributed by atoms with E-state index in [1.165, 1.54) is 24.1 Å². The summed E-state index contributed by atoms with van der Waals surface area (Å²) in [5.41, 5.74) is 5.48. The highest BCUT2D eigenvalue weighted by Gasteiger charge is 2.66. The van der Waals surface area contributed by atoms with Gasteiger partial charge < -0.3 is 35.9 Å². The van der Waals surface area contributed by atoms with Gasteiger partial charge in [-0.1, -0.05) is 28.5 Å². The number of aromatic hydroxyl groups is 2. The van der Waals surface area contributed by atoms with Crippen LogP contribution in [0.25, 0.3) is 0 Å². The van der Waals surface area contributed by atoms with Crippen molar-refractivity contribution in [2.75, 3.05) is 25.4 Å². The van der Waals surface area contributed by atoms with Gasteiger partial charge in [0.1, 0.15) is 5.69 Å². The molecule has 2 aromatic rings. The molecule has 23 heteroatoms. The number of anilines is 1. The summed E-state index contributed by atoms with van der Waals surface area (Å²) in [6, 6.07) is 1.43. The number of carbonyl (C=O) groups is 6. The predicted octanol–water partition coefficient (Wildman–Crippen LogP) is 0.784. The fourth-order valence-electron chi connectivity index (χ4n) is 5.08. The van der Waals surface area contributed by atoms with Gasteiger partial charge in [-0.2, -0.15) is 10.2 Å². The number of carboxylic acids is 2. The molecule has 51 heavy (non-hydrogen) atoms. The number of nitrogens with zero attached hydrogens (tertiary/aromatic N) is 7. The number of β-lactam (4-membered cyclic amide) rings is 1. The molecule has 5 rings (SSSR count). The van der Waals surface area contributed by atoms with E-state index in [-0.39, 0.29) is 41.7 Å². The molecule has 3 atom stereocenters. The number of carbonyl (C=O) groups excluding carboxylic acids is 4. The number of aliphatic carboxylic acids is 2. The molecular weight excluding hydrogens is 738 g/mol. The molecule has 4 heterocycles. The molecule has 20 nitrogen and oxygen atoms in total. The quantitative estimate of drug-likeness (QED) is 0.0711. The summed E-state index contributed by atoms with van der Waals surface area (Å²) in [4.78, 5) is 86.0. The lowest BCUT2D eigenvalue weighted by molar-refractivity contribution is -0.161. The van der Waals surface area contributed by atoms with Gasteiger partial charge in [0.25, 0.3) is 5.91 Å². The van der Waals surface area contributed by atoms with Crippen LogP contribution >= 0.6 is 34.7 Å². The molecule has 270 valence electrons. The second-order valence-corrected chi connectivity index (χ2v) is 14.2. The summed E-state index contributed by atoms with van der Waals surface area (Å²) >= 11 is 7.67. The zero-order valence-electron chi connectivity index (χ0n) is 26.4. The molecular formula is C28H28ClN9O11S2. The molecule has 0 saturated carbocycles. The van der Waals surface area contributed by atoms with Crippen molar-refractivity contribution in [3.63, 3.8) is 0 Å². The molecule has 3 aliphatic rings. The number of halogens is 1. The van der Waals surface area contributed by atoms with Gasteiger partial charge in [0.2, 0.25) is 16.4 Å². The molecule has 0 aliphatic carbocycles. The number of amides is 4. The van der Waals surface area contributed by atoms with Crippen molar-refractivity contribution >= 4 is 93.5 Å². The molecule has 3 fully saturated rings. The first-order valence-corrected chi connectivity index (χ1v) is 16.7. The maximum atomic E-state index is 13.4. The lowest BCUT2D eigenvalue weighted by Crippen LogP contribution is -2.59. The van der Waals surface area contributed by atoms with Gasteiger partial charge >= 0.3 is 18.0 Å². The Labute approximate surface area is 300 Å². The average Bonchev–Trinajstić information content (AvgIpc) is 3.78. The summed E-state index contributed by atoms with van der Waals surface area (Å²) in [5.74, 6) is -7.04. The Kier molecular flexibility index (Phi) is 10.1. The zero-order chi connectivity index (χ0) is 37.4. The van der Waals surface area contributed by atoms with E-state index >= 15 is 0 Å². The van der Waals surface area contributed by atoms with Gasteiger partial charge in [0, 0.05) is 18.3 Å². The van der Waals surface area contributed by atoms with Crippen molar-refractivity contribution in [1.82, 2.24) is 25.2 Å². The van der Waals surface area contributed by atoms with Gasteiger partial charge in [-0.25, -0.2) is 29.8 Å². The number of thioether (sulfide) groups is 1. The van der Waals surface area contributed by atoms with Crippen molar-refractivity contribution < 1.29 is 54.0 Å². The normalized spacial score (nSPS) is 22.1. The number of phenolic OH excluding ortho intramolecular Hbond substituents is 2. The number of fused-ring (bicyclic) bond motifs is 1. The molecule has 1 aromatic carbocycles. The smallest absolute Gasteiger partial charge is 0.350 e. The minimum Gasteiger partial charge on any atom is -0.504 e. The van der Waals surface area contributed by atoms with Crippen LogP contribution in [0.2, 0.25) is 5.02 Å². The predicted molar refractivity (Wildman–Crippen MR) is 180 cm³/mol. The van der Waals surface area contributed by atoms with E-state index in [1.54, 1.807) is 0 Å². The average molecular weight is 766 g/mol. The first kappa shape index (κ1) is 36.8. The number of hydrogen-bond donors (Lipinski definition) is 6. The van der Waals surface area contributed by atoms with Crippen LogP contribution in [0.4, 0.5) is 9.93 Å². The largest absolute Gasteiger partial charge is 0.504 e. The maximum Gasteiger partial charge on any atom is 0.350 e. The Morgan fingerprint density at radius 3 is 2.57 bits per heavy atom. The highest BCUT2D eigenvalue weighted by atomic mass is 35.5. The topological polar surface area (TPSA) is 290 Å². The lowest BCUT2D eigenvalue weighted by atomic mass is 9.90. The standard InChI is InChI=1S/C28H28ClN9O11S2/c1-27(2,23(44)45)49-35-18(14-10-50-25(30)33-14)16(40)9-13-21(43)36-11-28(24(46)47,51-22(13)36)37-7-8-38(26(37)48)32-6-5-31-34-20(42)12-3-4-15(39)19(41)17(12)29/h3-6,10,13,22,39,41H,7-9,11H2,1-2H3,(H2,30,33)(H,34,42)(H,44,45)(H,46,47)/b31-5+,32-6+,35-18-/t13-,22-,28-/m1/s1. The number of benzene rings is 1. The summed E-state index contributed by atoms with van der Waals surface area (Å²) < 4.78 is 0. The van der Waals surface area contributed by atoms with Crippen LogP contribution in [-0.2, 0) is 24.0 Å². The van der Waals surface area contributed by atoms with Crippen LogP contribution in [0, 0.1) is 5.92 Å². The molecule has 0 spiro atoms. The Bertz CT molecular complexity index is 1920. The van der Waals surface area contributed by atoms with Crippen LogP contribution in [0.5, 0.6) is 11.5 Å². The molecule has 4 amide bonds. The van der Waals surface area contributed by atoms with E-state index in [0.29, 0.717) is 0 Å². The third-order valence-electron chi connectivity index (χ3n) is 7.88. The Morgan fingerprint density at radius 1 is 1.20 bits per heavy atom. The number of rotatable bonds is 13. The highest BCUT2D eigenvalue weighted by Crippen LogP contribution is 2.53. The summed E-state index contributed by atoms with van der Waals surface area (Å²) in [5, 5.41) is 51.5. The monoisotopic (exact) mass is 765 g/mol. The first-order chi connectivity index (χ1) is 24.0. The number of hydrogen-bond acceptors (Lipinski definition) is 16. The SMILES string of the molecule is CC(C)(O/N=C(\C(=O)C[C@@H]1C(=O)N2C[C@@](C(=O)O)(N3CCN(/N=C/C=N/NC(=O)c4ccc(O)c(O)c4Cl)C3=O)S[C@H]12)c1csc(N)n1)C(=O)O. The van der Waals surface area contributed by atoms with E-state index in [1.807, 2.05) is 0 Å². The molecule has 3 aliphatic heterocycles. The van der Waals surface area contributed by atoms with Gasteiger partial charge in [0.05, 0.1) is 47.4 Å². The number of carboxylic acid groups (broad SMARTS) is 2. The van der Waals surface area contributed by atoms with Gasteiger partial charge in [-0.3, -0.25) is 19.3 Å². The number of urea groups is 1. The Hall–Kier alpha value is -5.48. The van der Waals surface area contributed by atoms with E-state index in [0.717, 1.165) is 57.6 Å². The molecule has 1 aromatic heterocycles. The summed E-state index contributed by atoms with van der Waals surface area (Å²) in [6.45, 7) is 1.96. The number of nitrogens with one attached hydrogen (secondary N) is 1. The van der Waals surface area contributed by atoms with Gasteiger partial charge in [0.15, 0.2) is 28.1 Å². The minimum absolute atomic E-state index is 0.00374. The van der Waals surface area contributed by atoms with Crippen LogP contribution in [0.15, 0.2) is 32.9 Å². The number of nitrogen functional groups attached to an aromatic ring is 1. The third-order valence-corrected chi connectivity index (χ3v) is 10.7. The Morgan fingerprint density at radius 2 is 1.92 bits per heavy atom. The molecule has 0 unspecified atom stereocenters. The van der Waals surface area contributed by atoms with E-state index < -0.39 is 80.3 Å². The third kappa shape index (κ3) is 6.96. The fraction of sp³-hybridized carbons (Fsp3) is 0.357. The summed E-state index contributed by atoms with van der Waals surface area (Å²) in [7, 11) is 0. The fourth-order valence-corrected chi connectivity index (χ4v) is 7.56. The van der Waals surface area contributed by atoms with Crippen molar-refractivity contribution in [3.8, 4) is 11.5 Å². The molecule has 0 bridgehead atoms. The van der Waals surface area contributed by atoms with Gasteiger partial charge in [-0.05, 0) is 26.0 Å². The molecule has 7 N–H and O–H groups in total. The minimum atomic E-state index is -1.91. The van der Waals surface area contributed by atoms with Crippen LogP contribution in [0.1, 0.15) is 36.3 Å². The lowest BCUT2D eigenvalue weighted by Gasteiger charge is -2.40. The second-order valence-electron chi connectivity index (χ2n) is 11.6. The van der Waals surface area contributed by atoms with Crippen molar-refractivity contribution in [2.24, 2.45) is 21.3 Å². The number of oxime groups is 1. The first-order valence-electron chi connectivity index (χ1n) is 14.6. The maximum absolute atomic E-state index is 13.4. The number of hydrazone groups is 2. The number of thiazole rings is 1. The van der Waals surface area contributed by atoms with Crippen molar-refractivity contribution in [3.05, 3.63) is 33.8 Å². The zero-order valence-corrected chi connectivity index (χ0v) is 28.8. The molecule has 0 radical (unpaired) electrons. The van der Waals surface area contributed by atoms with Crippen LogP contribution < -0.4 is 11.2 Å². The summed E-state index contributed by atoms with van der Waals surface area (Å²) in [6.07, 6.45) is 1.63. The van der Waals surface area contributed by atoms with E-state index in [2.05, 4.69) is 25.8 Å². The number of ketones is 1. The number of Topliss-reactive ketones (excluding diaryl/α,β-unsaturated/α-hetero) is 1. The highest BCUT2D eigenvalue weighted by molar-refractivity contribution is 8.02. The van der Waals surface area contributed by atoms with Crippen molar-refractivity contribution in [1.29, 1.82) is 0 Å².